The van der Waals surface area contributed by atoms with Gasteiger partial charge in [0.15, 0.2) is 0 Å². The summed E-state index contributed by atoms with van der Waals surface area (Å²) in [6.07, 6.45) is 0. The van der Waals surface area contributed by atoms with Gasteiger partial charge in [0.2, 0.25) is 0 Å². The first-order valence-corrected chi connectivity index (χ1v) is 2.79. The molecule has 0 aromatic rings. The summed E-state index contributed by atoms with van der Waals surface area (Å²) in [6, 6.07) is 0. The van der Waals surface area contributed by atoms with Crippen molar-refractivity contribution in [2.45, 2.75) is 12.8 Å². The topological polar surface area (TPSA) is 32.3 Å². The van der Waals surface area contributed by atoms with Crippen LogP contribution in [0.2, 0.25) is 6.82 Å². The largest absolute Gasteiger partial charge is 0.396 e. The van der Waals surface area contributed by atoms with Crippen molar-refractivity contribution in [1.82, 2.24) is 5.09 Å². The zero-order valence-electron chi connectivity index (χ0n) is 4.39. The summed E-state index contributed by atoms with van der Waals surface area (Å²) in [5.41, 5.74) is 0. The average molecular weight is 118 g/mol. The van der Waals surface area contributed by atoms with Gasteiger partial charge in [-0.3, -0.25) is 0 Å². The molecule has 0 amide bonds. The van der Waals surface area contributed by atoms with Crippen LogP contribution < -0.4 is 5.09 Å². The van der Waals surface area contributed by atoms with Crippen LogP contribution in [-0.4, -0.2) is 24.9 Å². The first kappa shape index (κ1) is 7.41. The van der Waals surface area contributed by atoms with Gasteiger partial charge in [-0.25, -0.2) is 0 Å². The average Bonchev–Trinajstić information content (AvgIpc) is 1.72. The number of rotatable bonds is 3. The Morgan fingerprint density at radius 2 is 2.57 bits per heavy atom. The molecule has 0 fully saturated rings. The SMILES string of the molecule is C[B]C(CO)NP. The smallest absolute Gasteiger partial charge is 0.132 e. The van der Waals surface area contributed by atoms with Crippen LogP contribution in [0.15, 0.2) is 0 Å². The van der Waals surface area contributed by atoms with E-state index in [1.807, 2.05) is 14.1 Å². The van der Waals surface area contributed by atoms with Crippen LogP contribution in [0.4, 0.5) is 0 Å². The highest BCUT2D eigenvalue weighted by atomic mass is 31.0. The van der Waals surface area contributed by atoms with Gasteiger partial charge in [-0.2, -0.15) is 0 Å². The first-order chi connectivity index (χ1) is 3.35. The molecule has 0 rings (SSSR count). The molecule has 0 saturated heterocycles. The summed E-state index contributed by atoms with van der Waals surface area (Å²) in [7, 11) is 4.24. The van der Waals surface area contributed by atoms with Crippen LogP contribution in [0.1, 0.15) is 0 Å². The van der Waals surface area contributed by atoms with Crippen molar-refractivity contribution < 1.29 is 5.11 Å². The van der Waals surface area contributed by atoms with Crippen molar-refractivity contribution in [1.29, 1.82) is 0 Å². The minimum absolute atomic E-state index is 0.130. The Morgan fingerprint density at radius 1 is 2.00 bits per heavy atom. The molecule has 0 heterocycles. The fourth-order valence-electron chi connectivity index (χ4n) is 0.254. The molecule has 4 heteroatoms. The lowest BCUT2D eigenvalue weighted by Gasteiger charge is -2.06. The third-order valence-electron chi connectivity index (χ3n) is 0.813. The van der Waals surface area contributed by atoms with Crippen LogP contribution in [0.5, 0.6) is 0 Å². The highest BCUT2D eigenvalue weighted by Gasteiger charge is 1.97. The Bertz CT molecular complexity index is 36.4. The molecule has 0 aromatic carbocycles. The van der Waals surface area contributed by atoms with Gasteiger partial charge >= 0.3 is 0 Å². The molecule has 0 aliphatic rings. The maximum Gasteiger partial charge on any atom is 0.132 e. The predicted molar refractivity (Wildman–Crippen MR) is 35.3 cm³/mol. The van der Waals surface area contributed by atoms with Crippen LogP contribution >= 0.6 is 9.39 Å². The fourth-order valence-corrected chi connectivity index (χ4v) is 0.552. The van der Waals surface area contributed by atoms with Crippen molar-refractivity contribution >= 4 is 16.7 Å². The zero-order chi connectivity index (χ0) is 5.70. The van der Waals surface area contributed by atoms with E-state index in [1.165, 1.54) is 0 Å². The molecule has 0 aliphatic carbocycles. The summed E-state index contributed by atoms with van der Waals surface area (Å²) < 4.78 is 0. The Morgan fingerprint density at radius 3 is 2.57 bits per heavy atom. The van der Waals surface area contributed by atoms with E-state index in [0.717, 1.165) is 0 Å². The summed E-state index contributed by atoms with van der Waals surface area (Å²) in [6.45, 7) is 2.07. The zero-order valence-corrected chi connectivity index (χ0v) is 5.54. The molecule has 0 aliphatic heterocycles. The number of aliphatic hydroxyl groups excluding tert-OH is 1. The normalized spacial score (nSPS) is 13.6. The molecule has 1 radical (unpaired) electrons. The quantitative estimate of drug-likeness (QED) is 0.384. The van der Waals surface area contributed by atoms with Crippen LogP contribution in [0.25, 0.3) is 0 Å². The molecule has 41 valence electrons. The molecule has 0 bridgehead atoms. The van der Waals surface area contributed by atoms with Gasteiger partial charge in [0.05, 0.1) is 6.61 Å². The van der Waals surface area contributed by atoms with Gasteiger partial charge < -0.3 is 10.2 Å². The van der Waals surface area contributed by atoms with Gasteiger partial charge in [0, 0.05) is 5.94 Å². The molecule has 0 saturated carbocycles. The Kier molecular flexibility index (Phi) is 4.84. The van der Waals surface area contributed by atoms with Gasteiger partial charge in [0.1, 0.15) is 7.28 Å². The van der Waals surface area contributed by atoms with E-state index in [1.54, 1.807) is 0 Å². The second-order valence-electron chi connectivity index (χ2n) is 1.29. The number of hydrogen-bond donors (Lipinski definition) is 2. The van der Waals surface area contributed by atoms with Crippen molar-refractivity contribution in [2.75, 3.05) is 6.61 Å². The molecule has 7 heavy (non-hydrogen) atoms. The molecule has 2 atom stereocenters. The van der Waals surface area contributed by atoms with Crippen molar-refractivity contribution in [2.24, 2.45) is 0 Å². The van der Waals surface area contributed by atoms with Crippen LogP contribution in [0, 0.1) is 0 Å². The second-order valence-corrected chi connectivity index (χ2v) is 1.62. The van der Waals surface area contributed by atoms with Gasteiger partial charge in [0.25, 0.3) is 0 Å². The predicted octanol–water partition coefficient (Wildman–Crippen LogP) is -0.563. The Labute approximate surface area is 47.2 Å². The number of hydrogen-bond acceptors (Lipinski definition) is 2. The van der Waals surface area contributed by atoms with Crippen LogP contribution in [0.3, 0.4) is 0 Å². The van der Waals surface area contributed by atoms with E-state index < -0.39 is 0 Å². The molecule has 2 nitrogen and oxygen atoms in total. The van der Waals surface area contributed by atoms with E-state index in [0.29, 0.717) is 0 Å². The second kappa shape index (κ2) is 4.57. The first-order valence-electron chi connectivity index (χ1n) is 2.21. The van der Waals surface area contributed by atoms with Crippen molar-refractivity contribution in [3.05, 3.63) is 0 Å². The van der Waals surface area contributed by atoms with Crippen molar-refractivity contribution in [3.63, 3.8) is 0 Å². The third kappa shape index (κ3) is 3.04. The molecule has 0 spiro atoms. The summed E-state index contributed by atoms with van der Waals surface area (Å²) >= 11 is 0. The Balaban J connectivity index is 2.99. The van der Waals surface area contributed by atoms with Gasteiger partial charge in [-0.15, -0.1) is 0 Å². The summed E-state index contributed by atoms with van der Waals surface area (Å²) in [5.74, 6) is 0.130. The van der Waals surface area contributed by atoms with E-state index in [9.17, 15) is 0 Å². The lowest BCUT2D eigenvalue weighted by molar-refractivity contribution is 0.288. The van der Waals surface area contributed by atoms with Crippen molar-refractivity contribution in [3.8, 4) is 0 Å². The lowest BCUT2D eigenvalue weighted by Crippen LogP contribution is -2.29. The molecular weight excluding hydrogens is 108 g/mol. The standard InChI is InChI=1S/C3H10BNOP/c1-4-3(2-6)5-7/h3,5-6H,2,7H2,1H3. The summed E-state index contributed by atoms with van der Waals surface area (Å²) in [5, 5.41) is 11.2. The number of aliphatic hydroxyl groups is 1. The van der Waals surface area contributed by atoms with E-state index >= 15 is 0 Å². The third-order valence-corrected chi connectivity index (χ3v) is 1.24. The van der Waals surface area contributed by atoms with Gasteiger partial charge in [-0.05, 0) is 0 Å². The Hall–Kier alpha value is 0.415. The van der Waals surface area contributed by atoms with Gasteiger partial charge in [-0.1, -0.05) is 16.2 Å². The molecular formula is C3H10BNOP. The molecule has 2 N–H and O–H groups in total. The maximum atomic E-state index is 8.42. The molecule has 2 unspecified atom stereocenters. The number of nitrogens with one attached hydrogen (secondary N) is 1. The van der Waals surface area contributed by atoms with Crippen LogP contribution in [-0.2, 0) is 0 Å². The summed E-state index contributed by atoms with van der Waals surface area (Å²) in [4.78, 5) is 0. The lowest BCUT2D eigenvalue weighted by atomic mass is 9.74. The highest BCUT2D eigenvalue weighted by molar-refractivity contribution is 7.13. The maximum absolute atomic E-state index is 8.42. The fraction of sp³-hybridized carbons (Fsp3) is 1.00. The minimum Gasteiger partial charge on any atom is -0.396 e. The van der Waals surface area contributed by atoms with E-state index in [4.69, 9.17) is 5.11 Å². The monoisotopic (exact) mass is 118 g/mol. The minimum atomic E-state index is 0.130. The molecule has 0 aromatic heterocycles. The van der Waals surface area contributed by atoms with E-state index in [-0.39, 0.29) is 12.5 Å². The van der Waals surface area contributed by atoms with E-state index in [2.05, 4.69) is 14.5 Å². The highest BCUT2D eigenvalue weighted by Crippen LogP contribution is 1.80.